The van der Waals surface area contributed by atoms with Crippen molar-refractivity contribution in [3.63, 3.8) is 0 Å². The first-order valence-electron chi connectivity index (χ1n) is 11.2. The summed E-state index contributed by atoms with van der Waals surface area (Å²) in [6.07, 6.45) is 2.53. The molecule has 0 aliphatic carbocycles. The van der Waals surface area contributed by atoms with Crippen LogP contribution in [0.1, 0.15) is 90.1 Å². The summed E-state index contributed by atoms with van der Waals surface area (Å²) in [6, 6.07) is 0. The number of halogens is 1. The molecule has 0 radical (unpaired) electrons. The zero-order valence-electron chi connectivity index (χ0n) is 22.2. The van der Waals surface area contributed by atoms with Crippen molar-refractivity contribution in [2.45, 2.75) is 82.3 Å². The van der Waals surface area contributed by atoms with Gasteiger partial charge in [0.2, 0.25) is 0 Å². The molecular weight excluding hydrogens is 413 g/mol. The Kier molecular flexibility index (Phi) is 12.0. The molecule has 0 aliphatic rings. The van der Waals surface area contributed by atoms with Gasteiger partial charge in [-0.15, -0.1) is 0 Å². The van der Waals surface area contributed by atoms with E-state index in [0.29, 0.717) is 28.7 Å². The van der Waals surface area contributed by atoms with Crippen LogP contribution < -0.4 is 0 Å². The number of allylic oxidation sites excluding steroid dienone is 8. The van der Waals surface area contributed by atoms with E-state index < -0.39 is 5.82 Å². The van der Waals surface area contributed by atoms with Crippen LogP contribution in [0.5, 0.6) is 0 Å². The Morgan fingerprint density at radius 3 is 1.79 bits per heavy atom. The molecule has 0 atom stereocenters. The smallest absolute Gasteiger partial charge is 0.136 e. The molecule has 0 unspecified atom stereocenters. The minimum atomic E-state index is -0.396. The van der Waals surface area contributed by atoms with Crippen LogP contribution in [0.25, 0.3) is 5.57 Å². The van der Waals surface area contributed by atoms with Crippen LogP contribution in [-0.4, -0.2) is 15.9 Å². The highest BCUT2D eigenvalue weighted by Crippen LogP contribution is 2.35. The maximum Gasteiger partial charge on any atom is 0.136 e. The molecular formula is C29H42FNO2. The van der Waals surface area contributed by atoms with Gasteiger partial charge in [0, 0.05) is 11.1 Å². The van der Waals surface area contributed by atoms with Gasteiger partial charge in [0.15, 0.2) is 0 Å². The van der Waals surface area contributed by atoms with E-state index in [-0.39, 0.29) is 23.6 Å². The molecule has 0 saturated heterocycles. The second-order valence-corrected chi connectivity index (χ2v) is 8.65. The summed E-state index contributed by atoms with van der Waals surface area (Å²) in [5, 5.41) is 27.0. The predicted molar refractivity (Wildman–Crippen MR) is 142 cm³/mol. The molecule has 3 N–H and O–H groups in total. The first kappa shape index (κ1) is 30.3. The molecule has 0 amide bonds. The van der Waals surface area contributed by atoms with Crippen LogP contribution in [-0.2, 0) is 13.0 Å². The van der Waals surface area contributed by atoms with E-state index in [2.05, 4.69) is 13.2 Å². The van der Waals surface area contributed by atoms with Crippen molar-refractivity contribution in [3.8, 4) is 0 Å². The Labute approximate surface area is 200 Å². The summed E-state index contributed by atoms with van der Waals surface area (Å²) in [7, 11) is 0. The van der Waals surface area contributed by atoms with Gasteiger partial charge in [0.25, 0.3) is 0 Å². The Morgan fingerprint density at radius 1 is 0.970 bits per heavy atom. The van der Waals surface area contributed by atoms with Crippen molar-refractivity contribution in [1.82, 2.24) is 0 Å². The number of hydrogen-bond acceptors (Lipinski definition) is 3. The molecule has 1 aromatic rings. The Balaban J connectivity index is 0.00000235. The second kappa shape index (κ2) is 13.1. The molecule has 4 heteroatoms. The van der Waals surface area contributed by atoms with E-state index in [1.807, 2.05) is 61.5 Å². The van der Waals surface area contributed by atoms with E-state index in [0.717, 1.165) is 33.4 Å². The van der Waals surface area contributed by atoms with Gasteiger partial charge in [-0.1, -0.05) is 42.9 Å². The van der Waals surface area contributed by atoms with Crippen molar-refractivity contribution in [1.29, 1.82) is 5.41 Å². The minimum absolute atomic E-state index is 0.167. The van der Waals surface area contributed by atoms with Crippen molar-refractivity contribution < 1.29 is 14.6 Å². The fourth-order valence-electron chi connectivity index (χ4n) is 3.81. The second-order valence-electron chi connectivity index (χ2n) is 8.65. The van der Waals surface area contributed by atoms with Crippen molar-refractivity contribution >= 4 is 11.3 Å². The topological polar surface area (TPSA) is 64.3 Å². The van der Waals surface area contributed by atoms with E-state index >= 15 is 4.39 Å². The molecule has 0 aromatic heterocycles. The first-order chi connectivity index (χ1) is 15.2. The summed E-state index contributed by atoms with van der Waals surface area (Å²) < 4.78 is 15.7. The largest absolute Gasteiger partial charge is 0.513 e. The van der Waals surface area contributed by atoms with Crippen LogP contribution in [0.3, 0.4) is 0 Å². The molecule has 0 bridgehead atoms. The zero-order chi connectivity index (χ0) is 26.2. The summed E-state index contributed by atoms with van der Waals surface area (Å²) in [5.74, 6) is -0.230. The lowest BCUT2D eigenvalue weighted by atomic mass is 9.81. The van der Waals surface area contributed by atoms with Crippen molar-refractivity contribution in [2.24, 2.45) is 0 Å². The molecule has 0 aliphatic heterocycles. The third-order valence-corrected chi connectivity index (χ3v) is 5.85. The highest BCUT2D eigenvalue weighted by atomic mass is 19.1. The normalized spacial score (nSPS) is 11.8. The van der Waals surface area contributed by atoms with E-state index in [9.17, 15) is 5.11 Å². The van der Waals surface area contributed by atoms with E-state index in [1.54, 1.807) is 6.92 Å². The summed E-state index contributed by atoms with van der Waals surface area (Å²) >= 11 is 0. The van der Waals surface area contributed by atoms with Gasteiger partial charge in [-0.3, -0.25) is 5.41 Å². The summed E-state index contributed by atoms with van der Waals surface area (Å²) in [6.45, 7) is 25.8. The number of benzene rings is 1. The molecule has 182 valence electrons. The average Bonchev–Trinajstić information content (AvgIpc) is 2.73. The lowest BCUT2D eigenvalue weighted by Crippen LogP contribution is -2.18. The molecule has 3 nitrogen and oxygen atoms in total. The van der Waals surface area contributed by atoms with Gasteiger partial charge in [0.1, 0.15) is 5.82 Å². The van der Waals surface area contributed by atoms with Gasteiger partial charge in [-0.25, -0.2) is 4.39 Å². The molecule has 0 fully saturated rings. The number of hydrogen-bond donors (Lipinski definition) is 3. The van der Waals surface area contributed by atoms with Gasteiger partial charge in [-0.2, -0.15) is 0 Å². The van der Waals surface area contributed by atoms with Gasteiger partial charge < -0.3 is 10.2 Å². The third-order valence-electron chi connectivity index (χ3n) is 5.85. The Bertz CT molecular complexity index is 1030. The molecule has 0 spiro atoms. The molecule has 0 heterocycles. The van der Waals surface area contributed by atoms with Crippen molar-refractivity contribution in [2.75, 3.05) is 0 Å². The predicted octanol–water partition coefficient (Wildman–Crippen LogP) is 8.31. The summed E-state index contributed by atoms with van der Waals surface area (Å²) in [4.78, 5) is 0. The van der Waals surface area contributed by atoms with Crippen LogP contribution in [0.15, 0.2) is 52.9 Å². The lowest BCUT2D eigenvalue weighted by Gasteiger charge is -2.24. The molecule has 33 heavy (non-hydrogen) atoms. The highest BCUT2D eigenvalue weighted by molar-refractivity contribution is 6.15. The molecule has 1 aromatic carbocycles. The number of aliphatic hydroxyl groups excluding tert-OH is 2. The number of rotatable bonds is 7. The molecule has 1 rings (SSSR count). The quantitative estimate of drug-likeness (QED) is 0.220. The lowest BCUT2D eigenvalue weighted by molar-refractivity contribution is 0.280. The number of aliphatic hydroxyl groups is 2. The van der Waals surface area contributed by atoms with Crippen molar-refractivity contribution in [3.05, 3.63) is 86.5 Å². The third kappa shape index (κ3) is 7.13. The van der Waals surface area contributed by atoms with Crippen LogP contribution >= 0.6 is 0 Å². The fraction of sp³-hybridized carbons (Fsp3) is 0.414. The minimum Gasteiger partial charge on any atom is -0.513 e. The maximum absolute atomic E-state index is 15.7. The maximum atomic E-state index is 15.7. The van der Waals surface area contributed by atoms with Crippen LogP contribution in [0, 0.1) is 18.2 Å². The SMILES string of the molecule is C=C(C)O.C=C(C)c1c(C)c(F)c(C(=N)/C(C(C)=C(C)C)=C(C)\C(C)=C/C)c(CC)c1CO. The van der Waals surface area contributed by atoms with Gasteiger partial charge in [-0.05, 0) is 102 Å². The van der Waals surface area contributed by atoms with E-state index in [4.69, 9.17) is 10.5 Å². The monoisotopic (exact) mass is 455 g/mol. The first-order valence-corrected chi connectivity index (χ1v) is 11.2. The standard InChI is InChI=1S/C26H36FNO.C3H6O/c1-11-16(7)18(9)23(17(8)14(3)4)26(28)24-20(12-2)21(13-29)22(15(5)6)19(10)25(24)27;1-3(2)4/h11,28-29H,5,12-13H2,1-4,6-10H3;4H,1H2,2H3/b16-11-,23-18-,28-26?;. The van der Waals surface area contributed by atoms with Crippen LogP contribution in [0.2, 0.25) is 0 Å². The zero-order valence-corrected chi connectivity index (χ0v) is 22.2. The van der Waals surface area contributed by atoms with Crippen LogP contribution in [0.4, 0.5) is 4.39 Å². The van der Waals surface area contributed by atoms with Gasteiger partial charge >= 0.3 is 0 Å². The fourth-order valence-corrected chi connectivity index (χ4v) is 3.81. The van der Waals surface area contributed by atoms with Gasteiger partial charge in [0.05, 0.1) is 18.1 Å². The van der Waals surface area contributed by atoms with E-state index in [1.165, 1.54) is 6.92 Å². The summed E-state index contributed by atoms with van der Waals surface area (Å²) in [5.41, 5.74) is 8.48. The average molecular weight is 456 g/mol. The number of nitrogens with one attached hydrogen (secondary N) is 1. The Hall–Kier alpha value is -2.72. The molecule has 0 saturated carbocycles. The highest BCUT2D eigenvalue weighted by Gasteiger charge is 2.26. The Morgan fingerprint density at radius 2 is 1.45 bits per heavy atom.